The molecule has 1 aromatic carbocycles. The first-order valence-corrected chi connectivity index (χ1v) is 6.19. The van der Waals surface area contributed by atoms with E-state index in [2.05, 4.69) is 10.1 Å². The number of halogens is 2. The summed E-state index contributed by atoms with van der Waals surface area (Å²) in [4.78, 5) is 1.79. The molecule has 0 spiro atoms. The van der Waals surface area contributed by atoms with E-state index in [-0.39, 0.29) is 12.4 Å². The number of thiocarbonyl (C=S) groups is 1. The van der Waals surface area contributed by atoms with Crippen LogP contribution in [0.1, 0.15) is 6.92 Å². The van der Waals surface area contributed by atoms with Crippen molar-refractivity contribution in [3.8, 4) is 5.75 Å². The van der Waals surface area contributed by atoms with Gasteiger partial charge in [-0.25, -0.2) is 0 Å². The van der Waals surface area contributed by atoms with Crippen LogP contribution in [-0.2, 0) is 0 Å². The van der Waals surface area contributed by atoms with Gasteiger partial charge in [0.05, 0.1) is 6.61 Å². The molecule has 1 aromatic rings. The summed E-state index contributed by atoms with van der Waals surface area (Å²) in [5, 5.41) is 12.3. The molecule has 2 N–H and O–H groups in total. The van der Waals surface area contributed by atoms with Crippen LogP contribution in [0.15, 0.2) is 24.3 Å². The van der Waals surface area contributed by atoms with E-state index in [0.717, 1.165) is 0 Å². The van der Waals surface area contributed by atoms with Gasteiger partial charge in [0.2, 0.25) is 0 Å². The summed E-state index contributed by atoms with van der Waals surface area (Å²) in [7, 11) is 0. The van der Waals surface area contributed by atoms with Crippen molar-refractivity contribution in [1.29, 1.82) is 0 Å². The summed E-state index contributed by atoms with van der Waals surface area (Å²) in [6.07, 6.45) is 0. The molecule has 106 valence electrons. The lowest BCUT2D eigenvalue weighted by Gasteiger charge is -2.23. The first-order chi connectivity index (χ1) is 9.06. The third-order valence-electron chi connectivity index (χ3n) is 2.37. The van der Waals surface area contributed by atoms with Crippen LogP contribution in [-0.4, -0.2) is 41.4 Å². The van der Waals surface area contributed by atoms with Crippen LogP contribution in [0.5, 0.6) is 5.75 Å². The highest BCUT2D eigenvalue weighted by Crippen LogP contribution is 2.18. The van der Waals surface area contributed by atoms with Gasteiger partial charge in [0.15, 0.2) is 5.11 Å². The van der Waals surface area contributed by atoms with E-state index in [4.69, 9.17) is 17.3 Å². The Kier molecular flexibility index (Phi) is 6.44. The number of ether oxygens (including phenoxy) is 1. The highest BCUT2D eigenvalue weighted by atomic mass is 32.1. The maximum absolute atomic E-state index is 12.0. The Labute approximate surface area is 116 Å². The fraction of sp³-hybridized carbons (Fsp3) is 0.417. The number of alkyl halides is 2. The van der Waals surface area contributed by atoms with Crippen molar-refractivity contribution in [3.63, 3.8) is 0 Å². The summed E-state index contributed by atoms with van der Waals surface area (Å²) in [6.45, 7) is 0.202. The van der Waals surface area contributed by atoms with E-state index >= 15 is 0 Å². The monoisotopic (exact) mass is 290 g/mol. The van der Waals surface area contributed by atoms with Gasteiger partial charge in [-0.15, -0.1) is 0 Å². The Hall–Kier alpha value is -1.47. The lowest BCUT2D eigenvalue weighted by atomic mass is 10.3. The Morgan fingerprint density at radius 1 is 1.42 bits per heavy atom. The molecule has 0 saturated heterocycles. The molecule has 19 heavy (non-hydrogen) atoms. The quantitative estimate of drug-likeness (QED) is 0.787. The van der Waals surface area contributed by atoms with Gasteiger partial charge in [0, 0.05) is 18.8 Å². The number of rotatable bonds is 6. The molecule has 0 amide bonds. The highest BCUT2D eigenvalue weighted by molar-refractivity contribution is 7.80. The molecular weight excluding hydrogens is 274 g/mol. The molecule has 0 aromatic heterocycles. The number of nitrogens with zero attached hydrogens (tertiary/aromatic N) is 1. The Morgan fingerprint density at radius 3 is 2.53 bits per heavy atom. The van der Waals surface area contributed by atoms with Gasteiger partial charge in [-0.05, 0) is 43.4 Å². The topological polar surface area (TPSA) is 44.7 Å². The second-order valence-corrected chi connectivity index (χ2v) is 4.02. The highest BCUT2D eigenvalue weighted by Gasteiger charge is 2.08. The van der Waals surface area contributed by atoms with Gasteiger partial charge in [0.1, 0.15) is 5.75 Å². The molecular formula is C12H16F2N2O2S. The van der Waals surface area contributed by atoms with Gasteiger partial charge < -0.3 is 20.1 Å². The normalized spacial score (nSPS) is 10.4. The van der Waals surface area contributed by atoms with Crippen molar-refractivity contribution < 1.29 is 18.6 Å². The van der Waals surface area contributed by atoms with Crippen molar-refractivity contribution >= 4 is 23.0 Å². The van der Waals surface area contributed by atoms with Crippen molar-refractivity contribution in [1.82, 2.24) is 4.90 Å². The molecule has 0 aliphatic heterocycles. The average Bonchev–Trinajstić information content (AvgIpc) is 2.37. The van der Waals surface area contributed by atoms with Crippen molar-refractivity contribution in [2.24, 2.45) is 0 Å². The van der Waals surface area contributed by atoms with Crippen molar-refractivity contribution in [2.75, 3.05) is 25.0 Å². The predicted molar refractivity (Wildman–Crippen MR) is 73.6 cm³/mol. The van der Waals surface area contributed by atoms with Gasteiger partial charge in [-0.3, -0.25) is 0 Å². The molecule has 0 unspecified atom stereocenters. The lowest BCUT2D eigenvalue weighted by Crippen LogP contribution is -2.36. The SMILES string of the molecule is CCN(CCO)C(=S)Nc1ccc(OC(F)F)cc1. The fourth-order valence-electron chi connectivity index (χ4n) is 1.45. The first kappa shape index (κ1) is 15.6. The van der Waals surface area contributed by atoms with Crippen LogP contribution in [0.25, 0.3) is 0 Å². The summed E-state index contributed by atoms with van der Waals surface area (Å²) in [5.41, 5.74) is 0.669. The van der Waals surface area contributed by atoms with Crippen LogP contribution in [0.2, 0.25) is 0 Å². The van der Waals surface area contributed by atoms with Crippen LogP contribution in [0.3, 0.4) is 0 Å². The zero-order valence-corrected chi connectivity index (χ0v) is 11.3. The van der Waals surface area contributed by atoms with Gasteiger partial charge >= 0.3 is 6.61 Å². The van der Waals surface area contributed by atoms with Crippen LogP contribution < -0.4 is 10.1 Å². The Balaban J connectivity index is 2.59. The smallest absolute Gasteiger partial charge is 0.387 e. The zero-order valence-electron chi connectivity index (χ0n) is 10.5. The number of aliphatic hydroxyl groups excluding tert-OH is 1. The number of nitrogens with one attached hydrogen (secondary N) is 1. The minimum atomic E-state index is -2.83. The van der Waals surface area contributed by atoms with E-state index in [1.165, 1.54) is 12.1 Å². The van der Waals surface area contributed by atoms with Gasteiger partial charge in [-0.1, -0.05) is 0 Å². The number of hydrogen-bond donors (Lipinski definition) is 2. The summed E-state index contributed by atoms with van der Waals surface area (Å²) in [5.74, 6) is 0.0918. The zero-order chi connectivity index (χ0) is 14.3. The molecule has 0 atom stereocenters. The number of likely N-dealkylation sites (N-methyl/N-ethyl adjacent to an activating group) is 1. The second kappa shape index (κ2) is 7.85. The molecule has 0 aliphatic carbocycles. The largest absolute Gasteiger partial charge is 0.435 e. The van der Waals surface area contributed by atoms with Crippen molar-refractivity contribution in [2.45, 2.75) is 13.5 Å². The lowest BCUT2D eigenvalue weighted by molar-refractivity contribution is -0.0498. The predicted octanol–water partition coefficient (Wildman–Crippen LogP) is 2.30. The summed E-state index contributed by atoms with van der Waals surface area (Å²) >= 11 is 5.18. The third-order valence-corrected chi connectivity index (χ3v) is 2.73. The minimum absolute atomic E-state index is 0.0107. The number of hydrogen-bond acceptors (Lipinski definition) is 3. The van der Waals surface area contributed by atoms with Crippen LogP contribution in [0.4, 0.5) is 14.5 Å². The molecule has 4 nitrogen and oxygen atoms in total. The third kappa shape index (κ3) is 5.35. The molecule has 0 fully saturated rings. The summed E-state index contributed by atoms with van der Waals surface area (Å²) < 4.78 is 28.2. The van der Waals surface area contributed by atoms with E-state index < -0.39 is 6.61 Å². The first-order valence-electron chi connectivity index (χ1n) is 5.78. The number of anilines is 1. The second-order valence-electron chi connectivity index (χ2n) is 3.64. The van der Waals surface area contributed by atoms with Gasteiger partial charge in [0.25, 0.3) is 0 Å². The molecule has 0 radical (unpaired) electrons. The number of aliphatic hydroxyl groups is 1. The summed E-state index contributed by atoms with van der Waals surface area (Å²) in [6, 6.07) is 6.05. The van der Waals surface area contributed by atoms with Gasteiger partial charge in [-0.2, -0.15) is 8.78 Å². The molecule has 0 bridgehead atoms. The van der Waals surface area contributed by atoms with Crippen LogP contribution in [0, 0.1) is 0 Å². The molecule has 0 heterocycles. The minimum Gasteiger partial charge on any atom is -0.435 e. The van der Waals surface area contributed by atoms with Crippen LogP contribution >= 0.6 is 12.2 Å². The maximum atomic E-state index is 12.0. The Bertz CT molecular complexity index is 401. The maximum Gasteiger partial charge on any atom is 0.387 e. The molecule has 7 heteroatoms. The fourth-order valence-corrected chi connectivity index (χ4v) is 1.78. The number of benzene rings is 1. The molecule has 0 aliphatic rings. The van der Waals surface area contributed by atoms with E-state index in [1.54, 1.807) is 17.0 Å². The standard InChI is InChI=1S/C12H16F2N2O2S/c1-2-16(7-8-17)12(19)15-9-3-5-10(6-4-9)18-11(13)14/h3-6,11,17H,2,7-8H2,1H3,(H,15,19). The van der Waals surface area contributed by atoms with E-state index in [0.29, 0.717) is 23.9 Å². The average molecular weight is 290 g/mol. The Morgan fingerprint density at radius 2 is 2.05 bits per heavy atom. The van der Waals surface area contributed by atoms with E-state index in [1.807, 2.05) is 6.92 Å². The van der Waals surface area contributed by atoms with E-state index in [9.17, 15) is 8.78 Å². The van der Waals surface area contributed by atoms with Crippen molar-refractivity contribution in [3.05, 3.63) is 24.3 Å². The molecule has 1 rings (SSSR count). The molecule has 0 saturated carbocycles.